The van der Waals surface area contributed by atoms with Crippen molar-refractivity contribution in [2.24, 2.45) is 5.73 Å². The lowest BCUT2D eigenvalue weighted by Gasteiger charge is -1.94. The highest BCUT2D eigenvalue weighted by Gasteiger charge is 2.03. The number of nitrogens with two attached hydrogens (primary N) is 1. The fourth-order valence-electron chi connectivity index (χ4n) is 1.67. The van der Waals surface area contributed by atoms with Crippen molar-refractivity contribution < 1.29 is 0 Å². The Morgan fingerprint density at radius 1 is 1.19 bits per heavy atom. The Hall–Kier alpha value is -1.51. The Labute approximate surface area is 96.7 Å². The Kier molecular flexibility index (Phi) is 4.83. The minimum atomic E-state index is 0.759. The van der Waals surface area contributed by atoms with Crippen LogP contribution in [0.15, 0.2) is 6.08 Å². The molecule has 3 heteroatoms. The number of aromatic amines is 1. The maximum absolute atomic E-state index is 5.99. The van der Waals surface area contributed by atoms with Crippen LogP contribution in [0.5, 0.6) is 0 Å². The van der Waals surface area contributed by atoms with Gasteiger partial charge in [0.05, 0.1) is 11.0 Å². The van der Waals surface area contributed by atoms with Crippen LogP contribution in [-0.4, -0.2) is 10.2 Å². The second kappa shape index (κ2) is 6.16. The van der Waals surface area contributed by atoms with Crippen LogP contribution in [0.3, 0.4) is 0 Å². The second-order valence-corrected chi connectivity index (χ2v) is 3.69. The van der Waals surface area contributed by atoms with Crippen molar-refractivity contribution in [2.75, 3.05) is 0 Å². The molecule has 1 rings (SSSR count). The smallest absolute Gasteiger partial charge is 0.115 e. The Morgan fingerprint density at radius 2 is 1.88 bits per heavy atom. The first-order valence-corrected chi connectivity index (χ1v) is 5.95. The molecule has 0 aliphatic rings. The number of rotatable bonds is 4. The van der Waals surface area contributed by atoms with Crippen molar-refractivity contribution in [1.82, 2.24) is 10.2 Å². The van der Waals surface area contributed by atoms with Gasteiger partial charge in [-0.1, -0.05) is 39.0 Å². The summed E-state index contributed by atoms with van der Waals surface area (Å²) in [6, 6.07) is 0. The lowest BCUT2D eigenvalue weighted by molar-refractivity contribution is 1.04. The number of allylic oxidation sites excluding steroid dienone is 1. The standard InChI is InChI=1S/C13H21N3/c1-4-7-10-12(9-6-3)15-16-13(10)11(14)8-5-2/h7-9,15H,4-6,14H2,1-3H3/b10-7+,11-8-,12-9+. The molecule has 0 saturated heterocycles. The molecule has 88 valence electrons. The van der Waals surface area contributed by atoms with Crippen molar-refractivity contribution >= 4 is 17.8 Å². The lowest BCUT2D eigenvalue weighted by Crippen LogP contribution is -2.25. The molecule has 3 nitrogen and oxygen atoms in total. The summed E-state index contributed by atoms with van der Waals surface area (Å²) in [7, 11) is 0. The van der Waals surface area contributed by atoms with Crippen molar-refractivity contribution in [3.8, 4) is 0 Å². The van der Waals surface area contributed by atoms with Gasteiger partial charge in [-0.05, 0) is 19.3 Å². The van der Waals surface area contributed by atoms with Gasteiger partial charge in [0.15, 0.2) is 0 Å². The van der Waals surface area contributed by atoms with E-state index in [1.165, 1.54) is 0 Å². The third kappa shape index (κ3) is 2.75. The van der Waals surface area contributed by atoms with E-state index >= 15 is 0 Å². The van der Waals surface area contributed by atoms with E-state index in [0.29, 0.717) is 0 Å². The predicted octanol–water partition coefficient (Wildman–Crippen LogP) is 1.50. The van der Waals surface area contributed by atoms with Crippen LogP contribution in [-0.2, 0) is 0 Å². The summed E-state index contributed by atoms with van der Waals surface area (Å²) in [5.41, 5.74) is 7.63. The number of hydrogen-bond donors (Lipinski definition) is 2. The molecule has 0 aliphatic carbocycles. The maximum Gasteiger partial charge on any atom is 0.115 e. The minimum Gasteiger partial charge on any atom is -0.397 e. The van der Waals surface area contributed by atoms with Crippen molar-refractivity contribution in [2.45, 2.75) is 40.0 Å². The summed E-state index contributed by atoms with van der Waals surface area (Å²) in [5.74, 6) is 0. The van der Waals surface area contributed by atoms with Crippen LogP contribution in [0.1, 0.15) is 45.7 Å². The van der Waals surface area contributed by atoms with Crippen LogP contribution >= 0.6 is 0 Å². The zero-order valence-electron chi connectivity index (χ0n) is 10.4. The van der Waals surface area contributed by atoms with Gasteiger partial charge in [-0.15, -0.1) is 0 Å². The van der Waals surface area contributed by atoms with Crippen molar-refractivity contribution in [3.05, 3.63) is 22.3 Å². The molecule has 0 amide bonds. The molecule has 0 aromatic carbocycles. The second-order valence-electron chi connectivity index (χ2n) is 3.69. The molecule has 0 aliphatic heterocycles. The number of aromatic nitrogens is 2. The summed E-state index contributed by atoms with van der Waals surface area (Å²) in [5, 5.41) is 9.54. The number of nitrogens with zero attached hydrogens (tertiary/aromatic N) is 1. The first-order valence-electron chi connectivity index (χ1n) is 5.95. The summed E-state index contributed by atoms with van der Waals surface area (Å²) in [6.07, 6.45) is 9.20. The average molecular weight is 219 g/mol. The molecule has 16 heavy (non-hydrogen) atoms. The summed E-state index contributed by atoms with van der Waals surface area (Å²) in [6.45, 7) is 6.30. The quantitative estimate of drug-likeness (QED) is 0.806. The summed E-state index contributed by atoms with van der Waals surface area (Å²) in [4.78, 5) is 0. The van der Waals surface area contributed by atoms with Gasteiger partial charge in [-0.25, -0.2) is 0 Å². The first-order chi connectivity index (χ1) is 7.74. The van der Waals surface area contributed by atoms with Gasteiger partial charge in [-0.3, -0.25) is 5.10 Å². The predicted molar refractivity (Wildman–Crippen MR) is 69.8 cm³/mol. The van der Waals surface area contributed by atoms with Gasteiger partial charge in [-0.2, -0.15) is 5.10 Å². The van der Waals surface area contributed by atoms with Crippen LogP contribution < -0.4 is 16.3 Å². The van der Waals surface area contributed by atoms with E-state index in [-0.39, 0.29) is 0 Å². The molecule has 1 heterocycles. The largest absolute Gasteiger partial charge is 0.397 e. The van der Waals surface area contributed by atoms with E-state index in [4.69, 9.17) is 5.73 Å². The summed E-state index contributed by atoms with van der Waals surface area (Å²) < 4.78 is 0. The van der Waals surface area contributed by atoms with E-state index < -0.39 is 0 Å². The fraction of sp³-hybridized carbons (Fsp3) is 0.462. The third-order valence-electron chi connectivity index (χ3n) is 2.35. The SMILES string of the molecule is CC/C=C(\N)c1n[nH]c(=C/CC)/c1=C\CC. The zero-order valence-corrected chi connectivity index (χ0v) is 10.4. The molecule has 0 radical (unpaired) electrons. The third-order valence-corrected chi connectivity index (χ3v) is 2.35. The van der Waals surface area contributed by atoms with Gasteiger partial charge < -0.3 is 5.73 Å². The molecular formula is C13H21N3. The van der Waals surface area contributed by atoms with E-state index in [2.05, 4.69) is 43.1 Å². The van der Waals surface area contributed by atoms with Crippen LogP contribution in [0.25, 0.3) is 17.8 Å². The highest BCUT2D eigenvalue weighted by atomic mass is 15.1. The van der Waals surface area contributed by atoms with Gasteiger partial charge in [0.1, 0.15) is 5.69 Å². The number of nitrogens with one attached hydrogen (secondary N) is 1. The van der Waals surface area contributed by atoms with Crippen LogP contribution in [0.2, 0.25) is 0 Å². The maximum atomic E-state index is 5.99. The molecule has 1 aromatic heterocycles. The highest BCUT2D eigenvalue weighted by molar-refractivity contribution is 5.60. The normalized spacial score (nSPS) is 14.8. The van der Waals surface area contributed by atoms with E-state index in [1.54, 1.807) is 0 Å². The Balaban J connectivity index is 3.38. The fourth-order valence-corrected chi connectivity index (χ4v) is 1.67. The molecule has 1 aromatic rings. The molecule has 0 bridgehead atoms. The minimum absolute atomic E-state index is 0.759. The highest BCUT2D eigenvalue weighted by Crippen LogP contribution is 1.98. The van der Waals surface area contributed by atoms with E-state index in [1.807, 2.05) is 6.08 Å². The average Bonchev–Trinajstić information content (AvgIpc) is 2.64. The van der Waals surface area contributed by atoms with E-state index in [9.17, 15) is 0 Å². The molecule has 0 unspecified atom stereocenters. The number of hydrogen-bond acceptors (Lipinski definition) is 2. The van der Waals surface area contributed by atoms with Crippen molar-refractivity contribution in [3.63, 3.8) is 0 Å². The van der Waals surface area contributed by atoms with Gasteiger partial charge in [0.2, 0.25) is 0 Å². The summed E-state index contributed by atoms with van der Waals surface area (Å²) >= 11 is 0. The molecule has 3 N–H and O–H groups in total. The zero-order chi connectivity index (χ0) is 12.0. The Morgan fingerprint density at radius 3 is 2.44 bits per heavy atom. The Bertz CT molecular complexity index is 466. The van der Waals surface area contributed by atoms with Gasteiger partial charge >= 0.3 is 0 Å². The van der Waals surface area contributed by atoms with Gasteiger partial charge in [0.25, 0.3) is 0 Å². The first kappa shape index (κ1) is 12.6. The topological polar surface area (TPSA) is 54.7 Å². The molecular weight excluding hydrogens is 198 g/mol. The van der Waals surface area contributed by atoms with Crippen LogP contribution in [0.4, 0.5) is 0 Å². The molecule has 0 atom stereocenters. The van der Waals surface area contributed by atoms with Crippen LogP contribution in [0, 0.1) is 0 Å². The lowest BCUT2D eigenvalue weighted by atomic mass is 10.2. The van der Waals surface area contributed by atoms with Gasteiger partial charge in [0, 0.05) is 5.22 Å². The van der Waals surface area contributed by atoms with E-state index in [0.717, 1.165) is 41.2 Å². The monoisotopic (exact) mass is 219 g/mol. The van der Waals surface area contributed by atoms with Crippen molar-refractivity contribution in [1.29, 1.82) is 0 Å². The molecule has 0 spiro atoms. The molecule has 0 fully saturated rings. The number of H-pyrrole nitrogens is 1. The molecule has 0 saturated carbocycles.